The molecule has 0 aliphatic heterocycles. The van der Waals surface area contributed by atoms with Gasteiger partial charge in [0, 0.05) is 17.1 Å². The van der Waals surface area contributed by atoms with Crippen molar-refractivity contribution >= 4 is 52.4 Å². The maximum atomic E-state index is 11.9. The Labute approximate surface area is 171 Å². The lowest BCUT2D eigenvalue weighted by molar-refractivity contribution is -0.147. The third kappa shape index (κ3) is 7.09. The van der Waals surface area contributed by atoms with E-state index < -0.39 is 24.4 Å². The van der Waals surface area contributed by atoms with Crippen molar-refractivity contribution in [3.8, 4) is 5.75 Å². The number of carbonyl (C=O) groups is 3. The minimum absolute atomic E-state index is 0.113. The van der Waals surface area contributed by atoms with E-state index in [4.69, 9.17) is 32.7 Å². The summed E-state index contributed by atoms with van der Waals surface area (Å²) < 4.78 is 9.88. The van der Waals surface area contributed by atoms with E-state index in [2.05, 4.69) is 10.6 Å². The summed E-state index contributed by atoms with van der Waals surface area (Å²) in [7, 11) is 1.54. The zero-order chi connectivity index (χ0) is 20.5. The number of hydrogen-bond donors (Lipinski definition) is 2. The van der Waals surface area contributed by atoms with E-state index in [9.17, 15) is 14.4 Å². The zero-order valence-electron chi connectivity index (χ0n) is 15.0. The van der Waals surface area contributed by atoms with Crippen LogP contribution in [-0.4, -0.2) is 31.5 Å². The molecule has 2 amide bonds. The fourth-order valence-electron chi connectivity index (χ4n) is 2.11. The molecule has 0 fully saturated rings. The van der Waals surface area contributed by atoms with Gasteiger partial charge in [0.15, 0.2) is 6.61 Å². The second-order valence-corrected chi connectivity index (χ2v) is 6.45. The summed E-state index contributed by atoms with van der Waals surface area (Å²) in [4.78, 5) is 35.4. The lowest BCUT2D eigenvalue weighted by Gasteiger charge is -2.08. The molecular formula is C19H18Cl2N2O5. The van der Waals surface area contributed by atoms with Gasteiger partial charge in [-0.25, -0.2) is 0 Å². The van der Waals surface area contributed by atoms with Crippen LogP contribution in [0.4, 0.5) is 11.4 Å². The Morgan fingerprint density at radius 1 is 0.929 bits per heavy atom. The summed E-state index contributed by atoms with van der Waals surface area (Å²) in [6, 6.07) is 11.3. The number of esters is 1. The Hall–Kier alpha value is -2.77. The highest BCUT2D eigenvalue weighted by Crippen LogP contribution is 2.25. The highest BCUT2D eigenvalue weighted by Gasteiger charge is 2.12. The standard InChI is InChI=1S/C19H18Cl2N2O5/c1-27-14-5-3-13(4-6-14)22-18(25)11-28-19(26)9-8-17(24)23-16-7-2-12(20)10-15(16)21/h2-7,10H,8-9,11H2,1H3,(H,22,25)(H,23,24). The van der Waals surface area contributed by atoms with Crippen LogP contribution in [0.2, 0.25) is 10.0 Å². The van der Waals surface area contributed by atoms with Crippen LogP contribution in [0, 0.1) is 0 Å². The predicted molar refractivity (Wildman–Crippen MR) is 107 cm³/mol. The van der Waals surface area contributed by atoms with E-state index in [1.165, 1.54) is 13.2 Å². The van der Waals surface area contributed by atoms with Crippen LogP contribution >= 0.6 is 23.2 Å². The van der Waals surface area contributed by atoms with Crippen LogP contribution in [0.25, 0.3) is 0 Å². The molecule has 7 nitrogen and oxygen atoms in total. The van der Waals surface area contributed by atoms with Crippen molar-refractivity contribution in [2.24, 2.45) is 0 Å². The first-order valence-electron chi connectivity index (χ1n) is 8.22. The molecule has 2 aromatic carbocycles. The molecule has 0 heterocycles. The molecule has 0 atom stereocenters. The molecule has 2 rings (SSSR count). The number of ether oxygens (including phenoxy) is 2. The van der Waals surface area contributed by atoms with Gasteiger partial charge in [0.2, 0.25) is 5.91 Å². The Kier molecular flexibility index (Phi) is 8.10. The van der Waals surface area contributed by atoms with Gasteiger partial charge in [0.25, 0.3) is 5.91 Å². The van der Waals surface area contributed by atoms with Gasteiger partial charge in [-0.1, -0.05) is 23.2 Å². The fraction of sp³-hybridized carbons (Fsp3) is 0.211. The Morgan fingerprint density at radius 3 is 2.29 bits per heavy atom. The number of nitrogens with one attached hydrogen (secondary N) is 2. The zero-order valence-corrected chi connectivity index (χ0v) is 16.5. The van der Waals surface area contributed by atoms with Crippen molar-refractivity contribution in [3.63, 3.8) is 0 Å². The van der Waals surface area contributed by atoms with Crippen molar-refractivity contribution in [1.82, 2.24) is 0 Å². The molecule has 28 heavy (non-hydrogen) atoms. The normalized spacial score (nSPS) is 10.1. The van der Waals surface area contributed by atoms with Gasteiger partial charge in [0.1, 0.15) is 5.75 Å². The van der Waals surface area contributed by atoms with E-state index in [1.54, 1.807) is 36.4 Å². The molecule has 0 bridgehead atoms. The molecule has 2 N–H and O–H groups in total. The minimum Gasteiger partial charge on any atom is -0.497 e. The average Bonchev–Trinajstić information content (AvgIpc) is 2.67. The molecule has 148 valence electrons. The van der Waals surface area contributed by atoms with Crippen molar-refractivity contribution in [1.29, 1.82) is 0 Å². The van der Waals surface area contributed by atoms with Crippen molar-refractivity contribution in [2.45, 2.75) is 12.8 Å². The predicted octanol–water partition coefficient (Wildman–Crippen LogP) is 3.90. The van der Waals surface area contributed by atoms with Gasteiger partial charge in [-0.15, -0.1) is 0 Å². The van der Waals surface area contributed by atoms with Gasteiger partial charge < -0.3 is 20.1 Å². The smallest absolute Gasteiger partial charge is 0.306 e. The van der Waals surface area contributed by atoms with E-state index in [0.717, 1.165) is 0 Å². The first-order chi connectivity index (χ1) is 13.4. The van der Waals surface area contributed by atoms with Gasteiger partial charge in [-0.2, -0.15) is 0 Å². The highest BCUT2D eigenvalue weighted by molar-refractivity contribution is 6.36. The summed E-state index contributed by atoms with van der Waals surface area (Å²) in [5, 5.41) is 5.89. The number of carbonyl (C=O) groups excluding carboxylic acids is 3. The Morgan fingerprint density at radius 2 is 1.64 bits per heavy atom. The summed E-state index contributed by atoms with van der Waals surface area (Å²) in [5.74, 6) is -0.912. The van der Waals surface area contributed by atoms with Gasteiger partial charge >= 0.3 is 5.97 Å². The van der Waals surface area contributed by atoms with Crippen LogP contribution in [0.3, 0.4) is 0 Å². The topological polar surface area (TPSA) is 93.7 Å². The second kappa shape index (κ2) is 10.5. The highest BCUT2D eigenvalue weighted by atomic mass is 35.5. The van der Waals surface area contributed by atoms with Crippen molar-refractivity contribution in [2.75, 3.05) is 24.4 Å². The summed E-state index contributed by atoms with van der Waals surface area (Å²) in [6.07, 6.45) is -0.287. The van der Waals surface area contributed by atoms with Crippen LogP contribution < -0.4 is 15.4 Å². The number of anilines is 2. The molecule has 0 aromatic heterocycles. The molecule has 0 radical (unpaired) electrons. The third-order valence-electron chi connectivity index (χ3n) is 3.50. The third-order valence-corrected chi connectivity index (χ3v) is 4.05. The molecule has 0 unspecified atom stereocenters. The van der Waals surface area contributed by atoms with Gasteiger partial charge in [0.05, 0.1) is 24.2 Å². The summed E-state index contributed by atoms with van der Waals surface area (Å²) >= 11 is 11.7. The van der Waals surface area contributed by atoms with E-state index in [-0.39, 0.29) is 12.8 Å². The van der Waals surface area contributed by atoms with Gasteiger partial charge in [-0.05, 0) is 42.5 Å². The van der Waals surface area contributed by atoms with Crippen molar-refractivity contribution < 1.29 is 23.9 Å². The average molecular weight is 425 g/mol. The Bertz CT molecular complexity index is 856. The molecule has 0 spiro atoms. The number of hydrogen-bond acceptors (Lipinski definition) is 5. The molecule has 0 saturated carbocycles. The van der Waals surface area contributed by atoms with Gasteiger partial charge in [-0.3, -0.25) is 14.4 Å². The lowest BCUT2D eigenvalue weighted by Crippen LogP contribution is -2.21. The van der Waals surface area contributed by atoms with E-state index in [0.29, 0.717) is 27.2 Å². The van der Waals surface area contributed by atoms with E-state index >= 15 is 0 Å². The maximum absolute atomic E-state index is 11.9. The SMILES string of the molecule is COc1ccc(NC(=O)COC(=O)CCC(=O)Nc2ccc(Cl)cc2Cl)cc1. The fourth-order valence-corrected chi connectivity index (χ4v) is 2.56. The Balaban J connectivity index is 1.69. The van der Waals surface area contributed by atoms with Crippen LogP contribution in [0.5, 0.6) is 5.75 Å². The number of benzene rings is 2. The number of amides is 2. The number of halogens is 2. The number of rotatable bonds is 8. The quantitative estimate of drug-likeness (QED) is 0.626. The summed E-state index contributed by atoms with van der Waals surface area (Å²) in [5.41, 5.74) is 0.935. The number of methoxy groups -OCH3 is 1. The molecular weight excluding hydrogens is 407 g/mol. The lowest BCUT2D eigenvalue weighted by atomic mass is 10.2. The molecule has 9 heteroatoms. The van der Waals surface area contributed by atoms with E-state index in [1.807, 2.05) is 0 Å². The summed E-state index contributed by atoms with van der Waals surface area (Å²) in [6.45, 7) is -0.449. The minimum atomic E-state index is -0.665. The molecule has 0 saturated heterocycles. The van der Waals surface area contributed by atoms with Crippen LogP contribution in [0.1, 0.15) is 12.8 Å². The monoisotopic (exact) mass is 424 g/mol. The van der Waals surface area contributed by atoms with Crippen LogP contribution in [0.15, 0.2) is 42.5 Å². The van der Waals surface area contributed by atoms with Crippen molar-refractivity contribution in [3.05, 3.63) is 52.5 Å². The maximum Gasteiger partial charge on any atom is 0.306 e. The second-order valence-electron chi connectivity index (χ2n) is 5.61. The molecule has 2 aromatic rings. The first kappa shape index (κ1) is 21.5. The van der Waals surface area contributed by atoms with Crippen LogP contribution in [-0.2, 0) is 19.1 Å². The largest absolute Gasteiger partial charge is 0.497 e. The molecule has 0 aliphatic rings. The molecule has 0 aliphatic carbocycles. The first-order valence-corrected chi connectivity index (χ1v) is 8.97.